The molecule has 1 aliphatic heterocycles. The second-order valence-electron chi connectivity index (χ2n) is 4.40. The maximum atomic E-state index is 11.7. The van der Waals surface area contributed by atoms with Crippen molar-refractivity contribution in [3.05, 3.63) is 11.6 Å². The average Bonchev–Trinajstić information content (AvgIpc) is 2.76. The lowest BCUT2D eigenvalue weighted by Crippen LogP contribution is -2.45. The number of urea groups is 1. The summed E-state index contributed by atoms with van der Waals surface area (Å²) in [5, 5.41) is 9.87. The molecule has 1 fully saturated rings. The predicted octanol–water partition coefficient (Wildman–Crippen LogP) is 1.02. The number of hydrogen-bond donors (Lipinski definition) is 2. The number of likely N-dealkylation sites (tertiary alicyclic amines) is 1. The summed E-state index contributed by atoms with van der Waals surface area (Å²) in [7, 11) is 0. The SMILES string of the molecule is CCNC(=O)N1CCCC(c2n[nH]c(C)n2)C1. The van der Waals surface area contributed by atoms with Crippen molar-refractivity contribution in [1.82, 2.24) is 25.4 Å². The highest BCUT2D eigenvalue weighted by atomic mass is 16.2. The van der Waals surface area contributed by atoms with E-state index in [0.29, 0.717) is 13.1 Å². The third-order valence-corrected chi connectivity index (χ3v) is 3.02. The minimum Gasteiger partial charge on any atom is -0.338 e. The second kappa shape index (κ2) is 5.16. The monoisotopic (exact) mass is 237 g/mol. The number of nitrogens with one attached hydrogen (secondary N) is 2. The quantitative estimate of drug-likeness (QED) is 0.806. The zero-order chi connectivity index (χ0) is 12.3. The summed E-state index contributed by atoms with van der Waals surface area (Å²) in [6, 6.07) is 0.0180. The van der Waals surface area contributed by atoms with Gasteiger partial charge in [0.25, 0.3) is 0 Å². The Morgan fingerprint density at radius 2 is 2.47 bits per heavy atom. The number of rotatable bonds is 2. The van der Waals surface area contributed by atoms with Gasteiger partial charge in [0.05, 0.1) is 0 Å². The van der Waals surface area contributed by atoms with Crippen LogP contribution in [0.25, 0.3) is 0 Å². The van der Waals surface area contributed by atoms with E-state index < -0.39 is 0 Å². The summed E-state index contributed by atoms with van der Waals surface area (Å²) in [6.45, 7) is 6.02. The Hall–Kier alpha value is -1.59. The molecule has 6 nitrogen and oxygen atoms in total. The van der Waals surface area contributed by atoms with Gasteiger partial charge in [0.15, 0.2) is 5.82 Å². The van der Waals surface area contributed by atoms with Crippen molar-refractivity contribution >= 4 is 6.03 Å². The molecule has 0 bridgehead atoms. The lowest BCUT2D eigenvalue weighted by Gasteiger charge is -2.31. The Balaban J connectivity index is 1.99. The van der Waals surface area contributed by atoms with E-state index in [-0.39, 0.29) is 11.9 Å². The first-order chi connectivity index (χ1) is 8.20. The molecule has 0 radical (unpaired) electrons. The van der Waals surface area contributed by atoms with Gasteiger partial charge in [0.1, 0.15) is 5.82 Å². The fraction of sp³-hybridized carbons (Fsp3) is 0.727. The van der Waals surface area contributed by atoms with Crippen LogP contribution in [0.5, 0.6) is 0 Å². The van der Waals surface area contributed by atoms with Crippen LogP contribution in [0.4, 0.5) is 4.79 Å². The average molecular weight is 237 g/mol. The summed E-state index contributed by atoms with van der Waals surface area (Å²) in [6.07, 6.45) is 2.06. The van der Waals surface area contributed by atoms with E-state index in [1.807, 2.05) is 18.7 Å². The predicted molar refractivity (Wildman–Crippen MR) is 63.7 cm³/mol. The number of amides is 2. The van der Waals surface area contributed by atoms with Gasteiger partial charge in [0, 0.05) is 25.6 Å². The maximum absolute atomic E-state index is 11.7. The van der Waals surface area contributed by atoms with Gasteiger partial charge in [-0.2, -0.15) is 5.10 Å². The topological polar surface area (TPSA) is 73.9 Å². The van der Waals surface area contributed by atoms with Crippen molar-refractivity contribution in [2.45, 2.75) is 32.6 Å². The lowest BCUT2D eigenvalue weighted by molar-refractivity contribution is 0.179. The molecule has 1 unspecified atom stereocenters. The molecule has 2 rings (SSSR count). The van der Waals surface area contributed by atoms with Crippen molar-refractivity contribution in [2.24, 2.45) is 0 Å². The molecule has 0 aliphatic carbocycles. The van der Waals surface area contributed by atoms with Crippen LogP contribution in [0, 0.1) is 6.92 Å². The Kier molecular flexibility index (Phi) is 3.61. The highest BCUT2D eigenvalue weighted by Gasteiger charge is 2.26. The van der Waals surface area contributed by atoms with Crippen molar-refractivity contribution in [3.8, 4) is 0 Å². The van der Waals surface area contributed by atoms with Gasteiger partial charge in [0.2, 0.25) is 0 Å². The molecule has 0 saturated carbocycles. The smallest absolute Gasteiger partial charge is 0.317 e. The van der Waals surface area contributed by atoms with Gasteiger partial charge < -0.3 is 10.2 Å². The number of hydrogen-bond acceptors (Lipinski definition) is 3. The Labute approximate surface area is 101 Å². The molecule has 6 heteroatoms. The van der Waals surface area contributed by atoms with Crippen LogP contribution in [0.3, 0.4) is 0 Å². The molecule has 0 aromatic carbocycles. The maximum Gasteiger partial charge on any atom is 0.317 e. The number of nitrogens with zero attached hydrogens (tertiary/aromatic N) is 3. The first-order valence-electron chi connectivity index (χ1n) is 6.12. The molecular formula is C11H19N5O. The van der Waals surface area contributed by atoms with Crippen LogP contribution in [-0.2, 0) is 0 Å². The first-order valence-corrected chi connectivity index (χ1v) is 6.12. The van der Waals surface area contributed by atoms with Crippen LogP contribution in [0.15, 0.2) is 0 Å². The second-order valence-corrected chi connectivity index (χ2v) is 4.40. The van der Waals surface area contributed by atoms with E-state index in [0.717, 1.165) is 31.0 Å². The highest BCUT2D eigenvalue weighted by molar-refractivity contribution is 5.74. The van der Waals surface area contributed by atoms with E-state index in [9.17, 15) is 4.79 Å². The zero-order valence-corrected chi connectivity index (χ0v) is 10.4. The van der Waals surface area contributed by atoms with Crippen molar-refractivity contribution in [3.63, 3.8) is 0 Å². The fourth-order valence-electron chi connectivity index (χ4n) is 2.18. The van der Waals surface area contributed by atoms with Crippen molar-refractivity contribution < 1.29 is 4.79 Å². The van der Waals surface area contributed by atoms with Gasteiger partial charge in [-0.1, -0.05) is 0 Å². The van der Waals surface area contributed by atoms with Gasteiger partial charge in [-0.25, -0.2) is 9.78 Å². The minimum atomic E-state index is 0.0180. The van der Waals surface area contributed by atoms with Crippen LogP contribution in [0.1, 0.15) is 37.3 Å². The molecule has 2 heterocycles. The molecule has 2 N–H and O–H groups in total. The zero-order valence-electron chi connectivity index (χ0n) is 10.4. The summed E-state index contributed by atoms with van der Waals surface area (Å²) < 4.78 is 0. The normalized spacial score (nSPS) is 20.4. The Bertz CT molecular complexity index is 389. The number of aryl methyl sites for hydroxylation is 1. The van der Waals surface area contributed by atoms with Crippen molar-refractivity contribution in [2.75, 3.05) is 19.6 Å². The number of carbonyl (C=O) groups excluding carboxylic acids is 1. The summed E-state index contributed by atoms with van der Waals surface area (Å²) in [5.41, 5.74) is 0. The molecule has 1 aromatic rings. The van der Waals surface area contributed by atoms with Crippen LogP contribution in [0.2, 0.25) is 0 Å². The Morgan fingerprint density at radius 3 is 3.12 bits per heavy atom. The van der Waals surface area contributed by atoms with E-state index in [2.05, 4.69) is 20.5 Å². The Morgan fingerprint density at radius 1 is 1.65 bits per heavy atom. The van der Waals surface area contributed by atoms with E-state index in [1.165, 1.54) is 0 Å². The van der Waals surface area contributed by atoms with Gasteiger partial charge in [-0.15, -0.1) is 0 Å². The number of H-pyrrole nitrogens is 1. The lowest BCUT2D eigenvalue weighted by atomic mass is 9.98. The third-order valence-electron chi connectivity index (χ3n) is 3.02. The molecule has 1 atom stereocenters. The molecule has 0 spiro atoms. The summed E-state index contributed by atoms with van der Waals surface area (Å²) in [5.74, 6) is 1.92. The van der Waals surface area contributed by atoms with Crippen LogP contribution >= 0.6 is 0 Å². The van der Waals surface area contributed by atoms with Crippen LogP contribution in [-0.4, -0.2) is 45.7 Å². The van der Waals surface area contributed by atoms with Gasteiger partial charge >= 0.3 is 6.03 Å². The van der Waals surface area contributed by atoms with Crippen LogP contribution < -0.4 is 5.32 Å². The molecule has 1 aliphatic rings. The number of piperidine rings is 1. The van der Waals surface area contributed by atoms with E-state index in [4.69, 9.17) is 0 Å². The standard InChI is InChI=1S/C11H19N5O/c1-3-12-11(17)16-6-4-5-9(7-16)10-13-8(2)14-15-10/h9H,3-7H2,1-2H3,(H,12,17)(H,13,14,15). The third kappa shape index (κ3) is 2.75. The molecule has 1 saturated heterocycles. The van der Waals surface area contributed by atoms with Gasteiger partial charge in [-0.05, 0) is 26.7 Å². The minimum absolute atomic E-state index is 0.0180. The highest BCUT2D eigenvalue weighted by Crippen LogP contribution is 2.24. The number of carbonyl (C=O) groups is 1. The molecule has 2 amide bonds. The van der Waals surface area contributed by atoms with E-state index >= 15 is 0 Å². The summed E-state index contributed by atoms with van der Waals surface area (Å²) >= 11 is 0. The fourth-order valence-corrected chi connectivity index (χ4v) is 2.18. The van der Waals surface area contributed by atoms with E-state index in [1.54, 1.807) is 0 Å². The molecule has 17 heavy (non-hydrogen) atoms. The molecular weight excluding hydrogens is 218 g/mol. The van der Waals surface area contributed by atoms with Gasteiger partial charge in [-0.3, -0.25) is 5.10 Å². The largest absolute Gasteiger partial charge is 0.338 e. The molecule has 94 valence electrons. The molecule has 1 aromatic heterocycles. The summed E-state index contributed by atoms with van der Waals surface area (Å²) in [4.78, 5) is 17.9. The van der Waals surface area contributed by atoms with Crippen molar-refractivity contribution in [1.29, 1.82) is 0 Å². The first kappa shape index (κ1) is 11.9. The number of aromatic nitrogens is 3. The number of aromatic amines is 1.